The van der Waals surface area contributed by atoms with Crippen LogP contribution in [0.1, 0.15) is 35.3 Å². The average Bonchev–Trinajstić information content (AvgIpc) is 2.85. The highest BCUT2D eigenvalue weighted by Crippen LogP contribution is 2.29. The number of halogens is 1. The summed E-state index contributed by atoms with van der Waals surface area (Å²) in [4.78, 5) is 2.54. The van der Waals surface area contributed by atoms with E-state index in [2.05, 4.69) is 19.1 Å². The third kappa shape index (κ3) is 3.72. The number of hydrogen-bond donors (Lipinski definition) is 1. The van der Waals surface area contributed by atoms with Crippen LogP contribution in [-0.4, -0.2) is 5.11 Å². The second-order valence-electron chi connectivity index (χ2n) is 4.38. The molecule has 0 unspecified atom stereocenters. The number of aliphatic hydroxyl groups excluding tert-OH is 1. The standard InChI is InChI=1S/C15H17ClO2S/c1-3-12-5-6-13(19-12)9-18-15-7-4-11(10(2)17)8-14(15)16/h4-8,10,17H,3,9H2,1-2H3/t10-/m1/s1. The van der Waals surface area contributed by atoms with Crippen LogP contribution in [0.5, 0.6) is 5.75 Å². The summed E-state index contributed by atoms with van der Waals surface area (Å²) in [5.74, 6) is 0.650. The molecule has 0 fully saturated rings. The van der Waals surface area contributed by atoms with Gasteiger partial charge < -0.3 is 9.84 Å². The van der Waals surface area contributed by atoms with Gasteiger partial charge in [-0.1, -0.05) is 24.6 Å². The van der Waals surface area contributed by atoms with E-state index in [1.54, 1.807) is 30.4 Å². The van der Waals surface area contributed by atoms with E-state index in [9.17, 15) is 5.11 Å². The van der Waals surface area contributed by atoms with Gasteiger partial charge in [0.15, 0.2) is 0 Å². The molecule has 0 spiro atoms. The number of aliphatic hydroxyl groups is 1. The lowest BCUT2D eigenvalue weighted by Crippen LogP contribution is -1.96. The second kappa shape index (κ2) is 6.42. The van der Waals surface area contributed by atoms with E-state index in [0.717, 1.165) is 12.0 Å². The first-order valence-electron chi connectivity index (χ1n) is 6.28. The summed E-state index contributed by atoms with van der Waals surface area (Å²) in [5, 5.41) is 10.0. The molecular weight excluding hydrogens is 280 g/mol. The lowest BCUT2D eigenvalue weighted by Gasteiger charge is -2.10. The van der Waals surface area contributed by atoms with Crippen molar-refractivity contribution in [1.82, 2.24) is 0 Å². The van der Waals surface area contributed by atoms with Gasteiger partial charge in [0.05, 0.1) is 11.1 Å². The normalized spacial score (nSPS) is 12.4. The van der Waals surface area contributed by atoms with Crippen molar-refractivity contribution in [2.45, 2.75) is 33.0 Å². The fourth-order valence-corrected chi connectivity index (χ4v) is 2.85. The van der Waals surface area contributed by atoms with Crippen LogP contribution in [0.2, 0.25) is 5.02 Å². The number of aryl methyl sites for hydroxylation is 1. The Morgan fingerprint density at radius 3 is 2.58 bits per heavy atom. The largest absolute Gasteiger partial charge is 0.487 e. The lowest BCUT2D eigenvalue weighted by atomic mass is 10.1. The van der Waals surface area contributed by atoms with Crippen molar-refractivity contribution in [2.24, 2.45) is 0 Å². The summed E-state index contributed by atoms with van der Waals surface area (Å²) in [7, 11) is 0. The summed E-state index contributed by atoms with van der Waals surface area (Å²) in [5.41, 5.74) is 0.793. The molecule has 1 aromatic heterocycles. The van der Waals surface area contributed by atoms with Crippen molar-refractivity contribution in [1.29, 1.82) is 0 Å². The van der Waals surface area contributed by atoms with Crippen molar-refractivity contribution in [3.8, 4) is 5.75 Å². The molecule has 4 heteroatoms. The molecule has 2 nitrogen and oxygen atoms in total. The van der Waals surface area contributed by atoms with Gasteiger partial charge in [0.1, 0.15) is 12.4 Å². The Hall–Kier alpha value is -1.03. The second-order valence-corrected chi connectivity index (χ2v) is 6.04. The van der Waals surface area contributed by atoms with Gasteiger partial charge >= 0.3 is 0 Å². The minimum atomic E-state index is -0.518. The minimum Gasteiger partial charge on any atom is -0.487 e. The fraction of sp³-hybridized carbons (Fsp3) is 0.333. The summed E-state index contributed by atoms with van der Waals surface area (Å²) < 4.78 is 5.71. The Morgan fingerprint density at radius 2 is 2.00 bits per heavy atom. The van der Waals surface area contributed by atoms with Crippen LogP contribution in [0.4, 0.5) is 0 Å². The van der Waals surface area contributed by atoms with Gasteiger partial charge in [-0.15, -0.1) is 11.3 Å². The molecule has 19 heavy (non-hydrogen) atoms. The van der Waals surface area contributed by atoms with E-state index in [1.807, 2.05) is 6.07 Å². The van der Waals surface area contributed by atoms with Crippen molar-refractivity contribution in [3.63, 3.8) is 0 Å². The van der Waals surface area contributed by atoms with E-state index in [0.29, 0.717) is 17.4 Å². The maximum atomic E-state index is 9.48. The monoisotopic (exact) mass is 296 g/mol. The highest BCUT2D eigenvalue weighted by atomic mass is 35.5. The molecule has 0 radical (unpaired) electrons. The Morgan fingerprint density at radius 1 is 1.26 bits per heavy atom. The molecule has 0 saturated carbocycles. The van der Waals surface area contributed by atoms with E-state index in [-0.39, 0.29) is 0 Å². The number of rotatable bonds is 5. The van der Waals surface area contributed by atoms with Crippen molar-refractivity contribution in [2.75, 3.05) is 0 Å². The fourth-order valence-electron chi connectivity index (χ4n) is 1.73. The Kier molecular flexibility index (Phi) is 4.86. The number of benzene rings is 1. The quantitative estimate of drug-likeness (QED) is 0.874. The molecule has 0 saturated heterocycles. The van der Waals surface area contributed by atoms with Crippen LogP contribution in [0.15, 0.2) is 30.3 Å². The molecule has 1 N–H and O–H groups in total. The minimum absolute atomic E-state index is 0.518. The van der Waals surface area contributed by atoms with E-state index in [1.165, 1.54) is 9.75 Å². The van der Waals surface area contributed by atoms with Crippen molar-refractivity contribution < 1.29 is 9.84 Å². The van der Waals surface area contributed by atoms with Gasteiger partial charge in [-0.3, -0.25) is 0 Å². The van der Waals surface area contributed by atoms with Crippen molar-refractivity contribution in [3.05, 3.63) is 50.7 Å². The molecule has 1 atom stereocenters. The molecule has 0 aliphatic carbocycles. The van der Waals surface area contributed by atoms with Gasteiger partial charge in [0.2, 0.25) is 0 Å². The van der Waals surface area contributed by atoms with Gasteiger partial charge in [-0.2, -0.15) is 0 Å². The Labute approximate surface area is 122 Å². The van der Waals surface area contributed by atoms with Crippen LogP contribution >= 0.6 is 22.9 Å². The maximum Gasteiger partial charge on any atom is 0.138 e. The molecule has 1 aromatic carbocycles. The topological polar surface area (TPSA) is 29.5 Å². The summed E-state index contributed by atoms with van der Waals surface area (Å²) in [6.07, 6.45) is 0.532. The van der Waals surface area contributed by atoms with E-state index >= 15 is 0 Å². The van der Waals surface area contributed by atoms with Gasteiger partial charge in [0.25, 0.3) is 0 Å². The first-order chi connectivity index (χ1) is 9.10. The Bertz CT molecular complexity index is 549. The number of thiophene rings is 1. The van der Waals surface area contributed by atoms with E-state index < -0.39 is 6.10 Å². The molecule has 1 heterocycles. The maximum absolute atomic E-state index is 9.48. The molecule has 2 rings (SSSR count). The summed E-state index contributed by atoms with van der Waals surface area (Å²) in [6, 6.07) is 9.59. The third-order valence-corrected chi connectivity index (χ3v) is 4.37. The average molecular weight is 297 g/mol. The van der Waals surface area contributed by atoms with Crippen LogP contribution in [-0.2, 0) is 13.0 Å². The summed E-state index contributed by atoms with van der Waals surface area (Å²) >= 11 is 7.90. The van der Waals surface area contributed by atoms with Gasteiger partial charge in [0, 0.05) is 9.75 Å². The first-order valence-corrected chi connectivity index (χ1v) is 7.47. The molecule has 0 aliphatic rings. The smallest absolute Gasteiger partial charge is 0.138 e. The zero-order valence-corrected chi connectivity index (χ0v) is 12.6. The first kappa shape index (κ1) is 14.4. The highest BCUT2D eigenvalue weighted by molar-refractivity contribution is 7.11. The van der Waals surface area contributed by atoms with Gasteiger partial charge in [-0.05, 0) is 43.2 Å². The van der Waals surface area contributed by atoms with Gasteiger partial charge in [-0.25, -0.2) is 0 Å². The molecule has 0 aliphatic heterocycles. The van der Waals surface area contributed by atoms with Crippen LogP contribution in [0.25, 0.3) is 0 Å². The predicted octanol–water partition coefficient (Wildman–Crippen LogP) is 4.60. The molecule has 0 bridgehead atoms. The van der Waals surface area contributed by atoms with Crippen LogP contribution < -0.4 is 4.74 Å². The van der Waals surface area contributed by atoms with Crippen molar-refractivity contribution >= 4 is 22.9 Å². The third-order valence-electron chi connectivity index (χ3n) is 2.87. The summed E-state index contributed by atoms with van der Waals surface area (Å²) in [6.45, 7) is 4.38. The molecular formula is C15H17ClO2S. The predicted molar refractivity (Wildman–Crippen MR) is 80.1 cm³/mol. The number of hydrogen-bond acceptors (Lipinski definition) is 3. The highest BCUT2D eigenvalue weighted by Gasteiger charge is 2.07. The molecule has 2 aromatic rings. The van der Waals surface area contributed by atoms with Crippen LogP contribution in [0.3, 0.4) is 0 Å². The molecule has 102 valence electrons. The lowest BCUT2D eigenvalue weighted by molar-refractivity contribution is 0.199. The van der Waals surface area contributed by atoms with E-state index in [4.69, 9.17) is 16.3 Å². The zero-order valence-electron chi connectivity index (χ0n) is 11.0. The number of ether oxygens (including phenoxy) is 1. The Balaban J connectivity index is 2.03. The van der Waals surface area contributed by atoms with Crippen LogP contribution in [0, 0.1) is 0 Å². The molecule has 0 amide bonds. The zero-order chi connectivity index (χ0) is 13.8. The SMILES string of the molecule is CCc1ccc(COc2ccc([C@@H](C)O)cc2Cl)s1.